The Hall–Kier alpha value is -1.94. The summed E-state index contributed by atoms with van der Waals surface area (Å²) in [7, 11) is 0. The molecule has 0 atom stereocenters. The molecular weight excluding hydrogens is 302 g/mol. The zero-order valence-electron chi connectivity index (χ0n) is 10.4. The number of hydrogen-bond acceptors (Lipinski definition) is 3. The highest BCUT2D eigenvalue weighted by Crippen LogP contribution is 2.28. The monoisotopic (exact) mass is 313 g/mol. The van der Waals surface area contributed by atoms with E-state index in [1.54, 1.807) is 6.33 Å². The fourth-order valence-electron chi connectivity index (χ4n) is 1.97. The van der Waals surface area contributed by atoms with Gasteiger partial charge in [-0.05, 0) is 36.8 Å². The summed E-state index contributed by atoms with van der Waals surface area (Å²) < 4.78 is 1.08. The molecule has 1 N–H and O–H groups in total. The molecule has 0 unspecified atom stereocenters. The first kappa shape index (κ1) is 12.1. The molecule has 0 aliphatic carbocycles. The summed E-state index contributed by atoms with van der Waals surface area (Å²) in [5, 5.41) is 4.39. The highest BCUT2D eigenvalue weighted by Gasteiger charge is 2.06. The fourth-order valence-corrected chi connectivity index (χ4v) is 2.34. The van der Waals surface area contributed by atoms with Gasteiger partial charge >= 0.3 is 0 Å². The van der Waals surface area contributed by atoms with Crippen molar-refractivity contribution in [3.63, 3.8) is 0 Å². The molecule has 2 aromatic carbocycles. The largest absolute Gasteiger partial charge is 0.339 e. The summed E-state index contributed by atoms with van der Waals surface area (Å²) >= 11 is 3.54. The first-order valence-corrected chi connectivity index (χ1v) is 6.77. The second kappa shape index (κ2) is 4.97. The Morgan fingerprint density at radius 3 is 2.74 bits per heavy atom. The fraction of sp³-hybridized carbons (Fsp3) is 0.0667. The first-order chi connectivity index (χ1) is 9.25. The minimum absolute atomic E-state index is 0.826. The summed E-state index contributed by atoms with van der Waals surface area (Å²) in [4.78, 5) is 8.60. The number of benzene rings is 2. The summed E-state index contributed by atoms with van der Waals surface area (Å²) in [6, 6.07) is 14.0. The summed E-state index contributed by atoms with van der Waals surface area (Å²) in [6.45, 7) is 2.07. The molecule has 19 heavy (non-hydrogen) atoms. The molecule has 3 rings (SSSR count). The second-order valence-corrected chi connectivity index (χ2v) is 5.13. The van der Waals surface area contributed by atoms with E-state index in [9.17, 15) is 0 Å². The van der Waals surface area contributed by atoms with Crippen LogP contribution in [0.25, 0.3) is 10.9 Å². The SMILES string of the molecule is Cc1c(Br)cccc1Nc1ncnc2ccccc12. The molecule has 0 fully saturated rings. The molecule has 0 radical (unpaired) electrons. The highest BCUT2D eigenvalue weighted by atomic mass is 79.9. The topological polar surface area (TPSA) is 37.8 Å². The number of anilines is 2. The highest BCUT2D eigenvalue weighted by molar-refractivity contribution is 9.10. The Labute approximate surface area is 119 Å². The Balaban J connectivity index is 2.09. The average Bonchev–Trinajstić information content (AvgIpc) is 2.44. The number of para-hydroxylation sites is 1. The molecular formula is C15H12BrN3. The number of hydrogen-bond donors (Lipinski definition) is 1. The minimum Gasteiger partial charge on any atom is -0.339 e. The molecule has 0 aliphatic heterocycles. The van der Waals surface area contributed by atoms with Crippen LogP contribution in [0.1, 0.15) is 5.56 Å². The van der Waals surface area contributed by atoms with Crippen LogP contribution in [0.2, 0.25) is 0 Å². The molecule has 3 nitrogen and oxygen atoms in total. The predicted octanol–water partition coefficient (Wildman–Crippen LogP) is 4.44. The molecule has 4 heteroatoms. The number of fused-ring (bicyclic) bond motifs is 1. The molecule has 1 heterocycles. The Kier molecular flexibility index (Phi) is 3.17. The minimum atomic E-state index is 0.826. The third-order valence-corrected chi connectivity index (χ3v) is 3.92. The summed E-state index contributed by atoms with van der Waals surface area (Å²) in [6.07, 6.45) is 1.58. The van der Waals surface area contributed by atoms with E-state index in [4.69, 9.17) is 0 Å². The third-order valence-electron chi connectivity index (χ3n) is 3.06. The molecule has 0 spiro atoms. The summed E-state index contributed by atoms with van der Waals surface area (Å²) in [5.41, 5.74) is 3.14. The van der Waals surface area contributed by atoms with E-state index in [-0.39, 0.29) is 0 Å². The molecule has 94 valence electrons. The van der Waals surface area contributed by atoms with Crippen molar-refractivity contribution < 1.29 is 0 Å². The van der Waals surface area contributed by atoms with E-state index in [1.807, 2.05) is 42.5 Å². The molecule has 0 aliphatic rings. The van der Waals surface area contributed by atoms with E-state index in [0.29, 0.717) is 0 Å². The third kappa shape index (κ3) is 2.31. The van der Waals surface area contributed by atoms with Crippen LogP contribution < -0.4 is 5.32 Å². The Morgan fingerprint density at radius 1 is 1.00 bits per heavy atom. The summed E-state index contributed by atoms with van der Waals surface area (Å²) in [5.74, 6) is 0.826. The maximum Gasteiger partial charge on any atom is 0.141 e. The van der Waals surface area contributed by atoms with Gasteiger partial charge in [-0.15, -0.1) is 0 Å². The van der Waals surface area contributed by atoms with Crippen LogP contribution in [0.3, 0.4) is 0 Å². The Bertz CT molecular complexity index is 735. The van der Waals surface area contributed by atoms with Crippen molar-refractivity contribution in [3.8, 4) is 0 Å². The van der Waals surface area contributed by atoms with Gasteiger partial charge in [-0.3, -0.25) is 0 Å². The lowest BCUT2D eigenvalue weighted by Gasteiger charge is -2.11. The lowest BCUT2D eigenvalue weighted by atomic mass is 10.2. The van der Waals surface area contributed by atoms with Gasteiger partial charge in [0.15, 0.2) is 0 Å². The van der Waals surface area contributed by atoms with Crippen molar-refractivity contribution >= 4 is 38.3 Å². The van der Waals surface area contributed by atoms with E-state index >= 15 is 0 Å². The van der Waals surface area contributed by atoms with Gasteiger partial charge in [0.1, 0.15) is 12.1 Å². The van der Waals surface area contributed by atoms with E-state index in [2.05, 4.69) is 38.1 Å². The lowest BCUT2D eigenvalue weighted by Crippen LogP contribution is -1.97. The van der Waals surface area contributed by atoms with Crippen molar-refractivity contribution in [3.05, 3.63) is 58.8 Å². The number of nitrogens with zero attached hydrogens (tertiary/aromatic N) is 2. The molecule has 0 saturated carbocycles. The van der Waals surface area contributed by atoms with Crippen LogP contribution in [0.4, 0.5) is 11.5 Å². The second-order valence-electron chi connectivity index (χ2n) is 4.28. The van der Waals surface area contributed by atoms with Gasteiger partial charge in [0.2, 0.25) is 0 Å². The van der Waals surface area contributed by atoms with Crippen LogP contribution in [-0.4, -0.2) is 9.97 Å². The smallest absolute Gasteiger partial charge is 0.141 e. The molecule has 1 aromatic heterocycles. The van der Waals surface area contributed by atoms with Gasteiger partial charge in [-0.25, -0.2) is 9.97 Å². The van der Waals surface area contributed by atoms with Crippen molar-refractivity contribution in [2.45, 2.75) is 6.92 Å². The van der Waals surface area contributed by atoms with Crippen LogP contribution in [0.5, 0.6) is 0 Å². The van der Waals surface area contributed by atoms with Gasteiger partial charge in [0.05, 0.1) is 5.52 Å². The number of aromatic nitrogens is 2. The van der Waals surface area contributed by atoms with Crippen LogP contribution in [0.15, 0.2) is 53.3 Å². The van der Waals surface area contributed by atoms with Gasteiger partial charge < -0.3 is 5.32 Å². The van der Waals surface area contributed by atoms with Gasteiger partial charge in [0.25, 0.3) is 0 Å². The van der Waals surface area contributed by atoms with Gasteiger partial charge in [-0.2, -0.15) is 0 Å². The van der Waals surface area contributed by atoms with E-state index in [0.717, 1.165) is 32.4 Å². The van der Waals surface area contributed by atoms with E-state index < -0.39 is 0 Å². The van der Waals surface area contributed by atoms with Crippen LogP contribution in [0, 0.1) is 6.92 Å². The van der Waals surface area contributed by atoms with Crippen molar-refractivity contribution in [1.82, 2.24) is 9.97 Å². The predicted molar refractivity (Wildman–Crippen MR) is 81.7 cm³/mol. The van der Waals surface area contributed by atoms with E-state index in [1.165, 1.54) is 0 Å². The number of nitrogens with one attached hydrogen (secondary N) is 1. The van der Waals surface area contributed by atoms with Gasteiger partial charge in [-0.1, -0.05) is 34.1 Å². The Morgan fingerprint density at radius 2 is 1.84 bits per heavy atom. The number of halogens is 1. The number of rotatable bonds is 2. The van der Waals surface area contributed by atoms with Crippen molar-refractivity contribution in [1.29, 1.82) is 0 Å². The molecule has 0 amide bonds. The standard InChI is InChI=1S/C15H12BrN3/c1-10-12(16)6-4-8-13(10)19-15-11-5-2-3-7-14(11)17-9-18-15/h2-9H,1H3,(H,17,18,19). The quantitative estimate of drug-likeness (QED) is 0.759. The zero-order chi connectivity index (χ0) is 13.2. The van der Waals surface area contributed by atoms with Gasteiger partial charge in [0, 0.05) is 15.5 Å². The average molecular weight is 314 g/mol. The van der Waals surface area contributed by atoms with Crippen LogP contribution in [-0.2, 0) is 0 Å². The molecule has 0 saturated heterocycles. The lowest BCUT2D eigenvalue weighted by molar-refractivity contribution is 1.21. The normalized spacial score (nSPS) is 10.6. The first-order valence-electron chi connectivity index (χ1n) is 5.97. The van der Waals surface area contributed by atoms with Crippen molar-refractivity contribution in [2.75, 3.05) is 5.32 Å². The maximum atomic E-state index is 4.34. The van der Waals surface area contributed by atoms with Crippen LogP contribution >= 0.6 is 15.9 Å². The maximum absolute atomic E-state index is 4.34. The molecule has 0 bridgehead atoms. The zero-order valence-corrected chi connectivity index (χ0v) is 12.0. The molecule has 3 aromatic rings. The van der Waals surface area contributed by atoms with Crippen molar-refractivity contribution in [2.24, 2.45) is 0 Å².